The molecule has 1 saturated carbocycles. The maximum absolute atomic E-state index is 12.5. The molecule has 23 heavy (non-hydrogen) atoms. The standard InChI is InChI=1S/C16H23N5O2/c22-13-4-6-16(10-21(13)8-12-2-3-12)5-1-7-20(9-16)15(23)14-17-11-18-19-14/h11-12H,1-10H2,(H,17,18,19)/t16-/m0/s1. The van der Waals surface area contributed by atoms with Gasteiger partial charge in [-0.2, -0.15) is 5.10 Å². The molecule has 1 aliphatic carbocycles. The number of piperidine rings is 2. The summed E-state index contributed by atoms with van der Waals surface area (Å²) in [4.78, 5) is 32.7. The van der Waals surface area contributed by atoms with Gasteiger partial charge in [-0.25, -0.2) is 4.98 Å². The van der Waals surface area contributed by atoms with E-state index in [2.05, 4.69) is 20.1 Å². The van der Waals surface area contributed by atoms with E-state index in [1.165, 1.54) is 19.2 Å². The molecule has 7 heteroatoms. The lowest BCUT2D eigenvalue weighted by atomic mass is 9.73. The Hall–Kier alpha value is -1.92. The third kappa shape index (κ3) is 2.96. The number of carbonyl (C=O) groups excluding carboxylic acids is 2. The molecular formula is C16H23N5O2. The van der Waals surface area contributed by atoms with Gasteiger partial charge in [0.25, 0.3) is 5.91 Å². The van der Waals surface area contributed by atoms with E-state index in [4.69, 9.17) is 0 Å². The van der Waals surface area contributed by atoms with Crippen LogP contribution >= 0.6 is 0 Å². The summed E-state index contributed by atoms with van der Waals surface area (Å²) in [5.41, 5.74) is 0.0662. The number of H-pyrrole nitrogens is 1. The largest absolute Gasteiger partial charge is 0.342 e. The molecule has 1 aromatic rings. The number of nitrogens with zero attached hydrogens (tertiary/aromatic N) is 4. The number of likely N-dealkylation sites (tertiary alicyclic amines) is 2. The second-order valence-electron chi connectivity index (χ2n) is 7.38. The first-order chi connectivity index (χ1) is 11.2. The number of nitrogens with one attached hydrogen (secondary N) is 1. The summed E-state index contributed by atoms with van der Waals surface area (Å²) in [6, 6.07) is 0. The summed E-state index contributed by atoms with van der Waals surface area (Å²) in [7, 11) is 0. The maximum atomic E-state index is 12.5. The highest BCUT2D eigenvalue weighted by Gasteiger charge is 2.44. The van der Waals surface area contributed by atoms with E-state index < -0.39 is 0 Å². The second kappa shape index (κ2) is 5.62. The highest BCUT2D eigenvalue weighted by Crippen LogP contribution is 2.40. The summed E-state index contributed by atoms with van der Waals surface area (Å²) in [6.07, 6.45) is 7.49. The van der Waals surface area contributed by atoms with Crippen LogP contribution in [0.4, 0.5) is 0 Å². The topological polar surface area (TPSA) is 82.2 Å². The zero-order valence-corrected chi connectivity index (χ0v) is 13.3. The molecule has 2 saturated heterocycles. The van der Waals surface area contributed by atoms with Gasteiger partial charge in [-0.05, 0) is 38.0 Å². The SMILES string of the molecule is O=C1CC[C@]2(CCCN(C(=O)c3ncn[nH]3)C2)CN1CC1CC1. The molecule has 1 aromatic heterocycles. The van der Waals surface area contributed by atoms with Gasteiger partial charge in [-0.3, -0.25) is 14.7 Å². The predicted molar refractivity (Wildman–Crippen MR) is 82.5 cm³/mol. The van der Waals surface area contributed by atoms with Crippen LogP contribution in [0.5, 0.6) is 0 Å². The van der Waals surface area contributed by atoms with E-state index in [-0.39, 0.29) is 11.3 Å². The van der Waals surface area contributed by atoms with E-state index in [1.54, 1.807) is 0 Å². The molecule has 4 rings (SSSR count). The predicted octanol–water partition coefficient (Wildman–Crippen LogP) is 1.06. The third-order valence-corrected chi connectivity index (χ3v) is 5.49. The minimum absolute atomic E-state index is 0.0662. The van der Waals surface area contributed by atoms with Crippen LogP contribution < -0.4 is 0 Å². The Morgan fingerprint density at radius 1 is 1.35 bits per heavy atom. The van der Waals surface area contributed by atoms with E-state index in [0.29, 0.717) is 24.1 Å². The quantitative estimate of drug-likeness (QED) is 0.903. The Balaban J connectivity index is 1.46. The van der Waals surface area contributed by atoms with Crippen molar-refractivity contribution in [3.05, 3.63) is 12.2 Å². The molecule has 7 nitrogen and oxygen atoms in total. The van der Waals surface area contributed by atoms with Gasteiger partial charge in [0, 0.05) is 38.0 Å². The van der Waals surface area contributed by atoms with Crippen LogP contribution in [0.1, 0.15) is 49.1 Å². The van der Waals surface area contributed by atoms with Gasteiger partial charge >= 0.3 is 0 Å². The van der Waals surface area contributed by atoms with Crippen molar-refractivity contribution in [2.75, 3.05) is 26.2 Å². The van der Waals surface area contributed by atoms with Gasteiger partial charge in [0.15, 0.2) is 0 Å². The molecule has 1 spiro atoms. The van der Waals surface area contributed by atoms with Crippen molar-refractivity contribution in [1.29, 1.82) is 0 Å². The van der Waals surface area contributed by atoms with Crippen molar-refractivity contribution < 1.29 is 9.59 Å². The third-order valence-electron chi connectivity index (χ3n) is 5.49. The molecule has 0 radical (unpaired) electrons. The van der Waals surface area contributed by atoms with Crippen LogP contribution in [0.25, 0.3) is 0 Å². The molecule has 1 atom stereocenters. The van der Waals surface area contributed by atoms with Crippen LogP contribution in [0.15, 0.2) is 6.33 Å². The molecule has 0 bridgehead atoms. The van der Waals surface area contributed by atoms with Crippen molar-refractivity contribution in [2.45, 2.75) is 38.5 Å². The summed E-state index contributed by atoms with van der Waals surface area (Å²) in [5.74, 6) is 1.24. The molecule has 0 aromatic carbocycles. The Kier molecular flexibility index (Phi) is 3.58. The molecule has 3 fully saturated rings. The van der Waals surface area contributed by atoms with E-state index in [1.807, 2.05) is 4.90 Å². The lowest BCUT2D eigenvalue weighted by Gasteiger charge is -2.48. The number of aromatic amines is 1. The van der Waals surface area contributed by atoms with Crippen LogP contribution in [0.3, 0.4) is 0 Å². The molecule has 124 valence electrons. The maximum Gasteiger partial charge on any atom is 0.291 e. The molecule has 0 unspecified atom stereocenters. The fourth-order valence-electron chi connectivity index (χ4n) is 4.05. The first-order valence-electron chi connectivity index (χ1n) is 8.58. The second-order valence-corrected chi connectivity index (χ2v) is 7.38. The van der Waals surface area contributed by atoms with Crippen molar-refractivity contribution in [3.63, 3.8) is 0 Å². The molecular weight excluding hydrogens is 294 g/mol. The number of rotatable bonds is 3. The van der Waals surface area contributed by atoms with Gasteiger partial charge in [0.05, 0.1) is 0 Å². The molecule has 2 amide bonds. The Morgan fingerprint density at radius 3 is 2.96 bits per heavy atom. The van der Waals surface area contributed by atoms with Crippen molar-refractivity contribution >= 4 is 11.8 Å². The number of hydrogen-bond acceptors (Lipinski definition) is 4. The van der Waals surface area contributed by atoms with Crippen molar-refractivity contribution in [3.8, 4) is 0 Å². The molecule has 2 aliphatic heterocycles. The Bertz CT molecular complexity index is 598. The monoisotopic (exact) mass is 317 g/mol. The number of amides is 2. The molecule has 3 aliphatic rings. The van der Waals surface area contributed by atoms with E-state index in [9.17, 15) is 9.59 Å². The van der Waals surface area contributed by atoms with Crippen LogP contribution in [-0.4, -0.2) is 63.0 Å². The van der Waals surface area contributed by atoms with Gasteiger partial charge in [0.2, 0.25) is 11.7 Å². The fourth-order valence-corrected chi connectivity index (χ4v) is 4.05. The highest BCUT2D eigenvalue weighted by atomic mass is 16.2. The summed E-state index contributed by atoms with van der Waals surface area (Å²) in [6.45, 7) is 3.21. The average Bonchev–Trinajstić information content (AvgIpc) is 3.20. The highest BCUT2D eigenvalue weighted by molar-refractivity contribution is 5.90. The van der Waals surface area contributed by atoms with Gasteiger partial charge in [-0.1, -0.05) is 0 Å². The average molecular weight is 317 g/mol. The summed E-state index contributed by atoms with van der Waals surface area (Å²) in [5, 5.41) is 6.43. The van der Waals surface area contributed by atoms with Crippen molar-refractivity contribution in [2.24, 2.45) is 11.3 Å². The zero-order chi connectivity index (χ0) is 15.9. The smallest absolute Gasteiger partial charge is 0.291 e. The summed E-state index contributed by atoms with van der Waals surface area (Å²) < 4.78 is 0. The van der Waals surface area contributed by atoms with Crippen LogP contribution in [0, 0.1) is 11.3 Å². The molecule has 1 N–H and O–H groups in total. The molecule has 3 heterocycles. The van der Waals surface area contributed by atoms with Gasteiger partial charge < -0.3 is 9.80 Å². The minimum Gasteiger partial charge on any atom is -0.342 e. The lowest BCUT2D eigenvalue weighted by Crippen LogP contribution is -2.55. The van der Waals surface area contributed by atoms with Gasteiger partial charge in [0.1, 0.15) is 6.33 Å². The van der Waals surface area contributed by atoms with Crippen molar-refractivity contribution in [1.82, 2.24) is 25.0 Å². The van der Waals surface area contributed by atoms with Crippen LogP contribution in [0.2, 0.25) is 0 Å². The normalized spacial score (nSPS) is 28.4. The fraction of sp³-hybridized carbons (Fsp3) is 0.750. The number of carbonyl (C=O) groups is 2. The first kappa shape index (κ1) is 14.7. The first-order valence-corrected chi connectivity index (χ1v) is 8.58. The number of hydrogen-bond donors (Lipinski definition) is 1. The minimum atomic E-state index is -0.0767. The van der Waals surface area contributed by atoms with E-state index >= 15 is 0 Å². The Morgan fingerprint density at radius 2 is 2.22 bits per heavy atom. The Labute approximate surface area is 135 Å². The zero-order valence-electron chi connectivity index (χ0n) is 13.3. The summed E-state index contributed by atoms with van der Waals surface area (Å²) >= 11 is 0. The van der Waals surface area contributed by atoms with Gasteiger partial charge in [-0.15, -0.1) is 0 Å². The van der Waals surface area contributed by atoms with E-state index in [0.717, 1.165) is 45.4 Å². The number of aromatic nitrogens is 3. The lowest BCUT2D eigenvalue weighted by molar-refractivity contribution is -0.139. The van der Waals surface area contributed by atoms with Crippen LogP contribution in [-0.2, 0) is 4.79 Å².